The Balaban J connectivity index is 2.62. The normalized spacial score (nSPS) is 9.94. The largest absolute Gasteiger partial charge is 0.492 e. The maximum absolute atomic E-state index is 10.7. The van der Waals surface area contributed by atoms with Crippen LogP contribution in [0.3, 0.4) is 0 Å². The summed E-state index contributed by atoms with van der Waals surface area (Å²) in [5, 5.41) is 17.7. The second-order valence-electron chi connectivity index (χ2n) is 3.32. The van der Waals surface area contributed by atoms with Gasteiger partial charge in [-0.15, -0.1) is 0 Å². The Morgan fingerprint density at radius 3 is 2.88 bits per heavy atom. The number of nitrogens with two attached hydrogens (primary N) is 1. The SMILES string of the molecule is N=C(N)CCCOc1cccc([N+](=O)[O-])c1Br. The number of benzene rings is 1. The van der Waals surface area contributed by atoms with Crippen molar-refractivity contribution in [2.24, 2.45) is 5.73 Å². The third kappa shape index (κ3) is 4.03. The molecule has 0 heterocycles. The highest BCUT2D eigenvalue weighted by Gasteiger charge is 2.15. The second-order valence-corrected chi connectivity index (χ2v) is 4.12. The molecule has 0 radical (unpaired) electrons. The van der Waals surface area contributed by atoms with E-state index in [-0.39, 0.29) is 11.5 Å². The molecule has 0 saturated heterocycles. The predicted octanol–water partition coefficient (Wildman–Crippen LogP) is 2.45. The van der Waals surface area contributed by atoms with Gasteiger partial charge in [-0.1, -0.05) is 6.07 Å². The van der Waals surface area contributed by atoms with Gasteiger partial charge in [-0.3, -0.25) is 15.5 Å². The molecule has 0 amide bonds. The van der Waals surface area contributed by atoms with E-state index in [9.17, 15) is 10.1 Å². The van der Waals surface area contributed by atoms with Gasteiger partial charge in [-0.2, -0.15) is 0 Å². The van der Waals surface area contributed by atoms with Crippen LogP contribution in [-0.2, 0) is 0 Å². The minimum atomic E-state index is -0.480. The number of amidine groups is 1. The quantitative estimate of drug-likeness (QED) is 0.277. The Labute approximate surface area is 107 Å². The molecule has 0 aromatic heterocycles. The second kappa shape index (κ2) is 6.19. The van der Waals surface area contributed by atoms with E-state index >= 15 is 0 Å². The number of hydrogen-bond donors (Lipinski definition) is 2. The number of hydrogen-bond acceptors (Lipinski definition) is 4. The van der Waals surface area contributed by atoms with E-state index in [1.165, 1.54) is 6.07 Å². The standard InChI is InChI=1S/C10H12BrN3O3/c11-10-7(14(15)16)3-1-4-8(10)17-6-2-5-9(12)13/h1,3-4H,2,5-6H2,(H3,12,13). The average Bonchev–Trinajstić information content (AvgIpc) is 2.25. The smallest absolute Gasteiger partial charge is 0.287 e. The van der Waals surface area contributed by atoms with E-state index in [4.69, 9.17) is 15.9 Å². The van der Waals surface area contributed by atoms with Gasteiger partial charge in [0.25, 0.3) is 5.69 Å². The number of nitrogens with one attached hydrogen (secondary N) is 1. The van der Waals surface area contributed by atoms with Crippen molar-refractivity contribution >= 4 is 27.5 Å². The molecule has 92 valence electrons. The van der Waals surface area contributed by atoms with Gasteiger partial charge in [0.05, 0.1) is 17.4 Å². The first-order valence-electron chi connectivity index (χ1n) is 4.91. The van der Waals surface area contributed by atoms with Gasteiger partial charge in [0, 0.05) is 12.5 Å². The first-order valence-corrected chi connectivity index (χ1v) is 5.70. The fraction of sp³-hybridized carbons (Fsp3) is 0.300. The molecule has 0 unspecified atom stereocenters. The van der Waals surface area contributed by atoms with E-state index in [2.05, 4.69) is 15.9 Å². The number of ether oxygens (including phenoxy) is 1. The molecule has 0 aliphatic heterocycles. The third-order valence-electron chi connectivity index (χ3n) is 1.99. The van der Waals surface area contributed by atoms with Crippen molar-refractivity contribution in [1.82, 2.24) is 0 Å². The molecule has 1 aromatic carbocycles. The molecular formula is C10H12BrN3O3. The molecule has 7 heteroatoms. The highest BCUT2D eigenvalue weighted by Crippen LogP contribution is 2.33. The van der Waals surface area contributed by atoms with Crippen LogP contribution in [0.15, 0.2) is 22.7 Å². The van der Waals surface area contributed by atoms with Crippen LogP contribution in [0, 0.1) is 15.5 Å². The van der Waals surface area contributed by atoms with Gasteiger partial charge in [0.15, 0.2) is 0 Å². The Kier molecular flexibility index (Phi) is 4.89. The van der Waals surface area contributed by atoms with Crippen molar-refractivity contribution in [3.05, 3.63) is 32.8 Å². The molecule has 6 nitrogen and oxygen atoms in total. The monoisotopic (exact) mass is 301 g/mol. The molecule has 0 bridgehead atoms. The van der Waals surface area contributed by atoms with Crippen molar-refractivity contribution in [2.75, 3.05) is 6.61 Å². The molecular weight excluding hydrogens is 290 g/mol. The molecule has 3 N–H and O–H groups in total. The van der Waals surface area contributed by atoms with E-state index in [0.717, 1.165) is 0 Å². The van der Waals surface area contributed by atoms with E-state index < -0.39 is 4.92 Å². The predicted molar refractivity (Wildman–Crippen MR) is 67.4 cm³/mol. The van der Waals surface area contributed by atoms with Crippen LogP contribution < -0.4 is 10.5 Å². The van der Waals surface area contributed by atoms with Crippen molar-refractivity contribution in [3.8, 4) is 5.75 Å². The molecule has 0 aliphatic rings. The van der Waals surface area contributed by atoms with Crippen LogP contribution in [0.1, 0.15) is 12.8 Å². The van der Waals surface area contributed by atoms with E-state index in [0.29, 0.717) is 29.7 Å². The summed E-state index contributed by atoms with van der Waals surface area (Å²) >= 11 is 3.13. The summed E-state index contributed by atoms with van der Waals surface area (Å²) in [5.41, 5.74) is 5.16. The Bertz CT molecular complexity index is 437. The molecule has 0 spiro atoms. The highest BCUT2D eigenvalue weighted by atomic mass is 79.9. The van der Waals surface area contributed by atoms with Gasteiger partial charge in [-0.05, 0) is 28.4 Å². The number of nitro benzene ring substituents is 1. The lowest BCUT2D eigenvalue weighted by Gasteiger charge is -2.07. The third-order valence-corrected chi connectivity index (χ3v) is 2.78. The van der Waals surface area contributed by atoms with Gasteiger partial charge in [0.2, 0.25) is 0 Å². The maximum Gasteiger partial charge on any atom is 0.287 e. The minimum absolute atomic E-state index is 0.0333. The van der Waals surface area contributed by atoms with Crippen LogP contribution in [0.2, 0.25) is 0 Å². The maximum atomic E-state index is 10.7. The van der Waals surface area contributed by atoms with Crippen molar-refractivity contribution in [3.63, 3.8) is 0 Å². The van der Waals surface area contributed by atoms with Crippen LogP contribution in [0.25, 0.3) is 0 Å². The summed E-state index contributed by atoms with van der Waals surface area (Å²) < 4.78 is 5.70. The summed E-state index contributed by atoms with van der Waals surface area (Å²) in [6, 6.07) is 4.60. The van der Waals surface area contributed by atoms with Crippen molar-refractivity contribution < 1.29 is 9.66 Å². The van der Waals surface area contributed by atoms with Gasteiger partial charge in [0.1, 0.15) is 10.2 Å². The lowest BCUT2D eigenvalue weighted by molar-refractivity contribution is -0.385. The summed E-state index contributed by atoms with van der Waals surface area (Å²) in [6.45, 7) is 0.360. The fourth-order valence-electron chi connectivity index (χ4n) is 1.20. The van der Waals surface area contributed by atoms with Gasteiger partial charge >= 0.3 is 0 Å². The lowest BCUT2D eigenvalue weighted by Crippen LogP contribution is -2.11. The van der Waals surface area contributed by atoms with E-state index in [1.807, 2.05) is 0 Å². The average molecular weight is 302 g/mol. The van der Waals surface area contributed by atoms with Crippen molar-refractivity contribution in [1.29, 1.82) is 5.41 Å². The molecule has 0 atom stereocenters. The first kappa shape index (κ1) is 13.4. The zero-order valence-corrected chi connectivity index (χ0v) is 10.6. The molecule has 0 fully saturated rings. The Hall–Kier alpha value is -1.63. The van der Waals surface area contributed by atoms with Crippen LogP contribution >= 0.6 is 15.9 Å². The van der Waals surface area contributed by atoms with Crippen LogP contribution in [0.4, 0.5) is 5.69 Å². The zero-order chi connectivity index (χ0) is 12.8. The topological polar surface area (TPSA) is 102 Å². The Morgan fingerprint density at radius 1 is 1.59 bits per heavy atom. The first-order chi connectivity index (χ1) is 8.02. The van der Waals surface area contributed by atoms with Gasteiger partial charge < -0.3 is 10.5 Å². The van der Waals surface area contributed by atoms with Crippen LogP contribution in [-0.4, -0.2) is 17.4 Å². The number of rotatable bonds is 6. The molecule has 17 heavy (non-hydrogen) atoms. The highest BCUT2D eigenvalue weighted by molar-refractivity contribution is 9.10. The summed E-state index contributed by atoms with van der Waals surface area (Å²) in [5.74, 6) is 0.523. The summed E-state index contributed by atoms with van der Waals surface area (Å²) in [4.78, 5) is 10.2. The number of nitrogens with zero attached hydrogens (tertiary/aromatic N) is 1. The fourth-order valence-corrected chi connectivity index (χ4v) is 1.72. The molecule has 0 aliphatic carbocycles. The molecule has 0 saturated carbocycles. The van der Waals surface area contributed by atoms with E-state index in [1.54, 1.807) is 12.1 Å². The molecule has 1 aromatic rings. The lowest BCUT2D eigenvalue weighted by atomic mass is 10.3. The number of halogens is 1. The summed E-state index contributed by atoms with van der Waals surface area (Å²) in [6.07, 6.45) is 1.05. The molecule has 1 rings (SSSR count). The minimum Gasteiger partial charge on any atom is -0.492 e. The van der Waals surface area contributed by atoms with Crippen LogP contribution in [0.5, 0.6) is 5.75 Å². The van der Waals surface area contributed by atoms with Crippen molar-refractivity contribution in [2.45, 2.75) is 12.8 Å². The summed E-state index contributed by atoms with van der Waals surface area (Å²) in [7, 11) is 0. The van der Waals surface area contributed by atoms with Gasteiger partial charge in [-0.25, -0.2) is 0 Å². The Morgan fingerprint density at radius 2 is 2.29 bits per heavy atom. The number of nitro groups is 1. The zero-order valence-electron chi connectivity index (χ0n) is 8.98.